The monoisotopic (exact) mass is 166 g/mol. The van der Waals surface area contributed by atoms with Gasteiger partial charge in [-0.15, -0.1) is 11.6 Å². The molecule has 0 saturated heterocycles. The van der Waals surface area contributed by atoms with Crippen LogP contribution in [-0.2, 0) is 4.79 Å². The number of carboxylic acid groups (broad SMARTS) is 1. The van der Waals surface area contributed by atoms with Crippen molar-refractivity contribution < 1.29 is 15.0 Å². The molecule has 0 saturated carbocycles. The number of carboxylic acids is 1. The van der Waals surface area contributed by atoms with Gasteiger partial charge in [-0.05, 0) is 12.8 Å². The highest BCUT2D eigenvalue weighted by Gasteiger charge is 2.07. The summed E-state index contributed by atoms with van der Waals surface area (Å²) >= 11 is 5.32. The first-order valence-electron chi connectivity index (χ1n) is 3.12. The van der Waals surface area contributed by atoms with Gasteiger partial charge in [-0.1, -0.05) is 0 Å². The first-order valence-corrected chi connectivity index (χ1v) is 3.66. The van der Waals surface area contributed by atoms with Crippen molar-refractivity contribution in [2.75, 3.05) is 5.88 Å². The molecule has 0 aliphatic rings. The topological polar surface area (TPSA) is 57.5 Å². The number of halogens is 1. The molecule has 0 bridgehead atoms. The maximum absolute atomic E-state index is 9.98. The van der Waals surface area contributed by atoms with Gasteiger partial charge >= 0.3 is 5.97 Å². The van der Waals surface area contributed by atoms with Crippen LogP contribution in [0.25, 0.3) is 0 Å². The Hall–Kier alpha value is -0.280. The van der Waals surface area contributed by atoms with Gasteiger partial charge in [0, 0.05) is 5.88 Å². The molecular weight excluding hydrogens is 156 g/mol. The van der Waals surface area contributed by atoms with Gasteiger partial charge in [0.15, 0.2) is 0 Å². The molecule has 2 N–H and O–H groups in total. The summed E-state index contributed by atoms with van der Waals surface area (Å²) in [6, 6.07) is 0. The minimum absolute atomic E-state index is 0.184. The highest BCUT2D eigenvalue weighted by molar-refractivity contribution is 6.17. The maximum atomic E-state index is 9.98. The summed E-state index contributed by atoms with van der Waals surface area (Å²) < 4.78 is 0. The number of aliphatic hydroxyl groups excluding tert-OH is 1. The lowest BCUT2D eigenvalue weighted by atomic mass is 10.1. The van der Waals surface area contributed by atoms with Crippen molar-refractivity contribution in [3.8, 4) is 0 Å². The van der Waals surface area contributed by atoms with E-state index in [1.54, 1.807) is 0 Å². The summed E-state index contributed by atoms with van der Waals surface area (Å²) in [7, 11) is 0. The fourth-order valence-corrected chi connectivity index (χ4v) is 0.771. The molecule has 0 fully saturated rings. The lowest BCUT2D eigenvalue weighted by Crippen LogP contribution is -2.12. The van der Waals surface area contributed by atoms with Crippen molar-refractivity contribution in [3.05, 3.63) is 0 Å². The van der Waals surface area contributed by atoms with Gasteiger partial charge in [0.25, 0.3) is 0 Å². The lowest BCUT2D eigenvalue weighted by Gasteiger charge is -2.04. The number of rotatable bonds is 5. The first-order chi connectivity index (χ1) is 4.66. The largest absolute Gasteiger partial charge is 0.481 e. The Bertz CT molecular complexity index is 105. The predicted octanol–water partition coefficient (Wildman–Crippen LogP) is 0.841. The summed E-state index contributed by atoms with van der Waals surface area (Å²) in [5, 5.41) is 17.1. The molecule has 0 rings (SSSR count). The fourth-order valence-electron chi connectivity index (χ4n) is 0.616. The molecule has 1 unspecified atom stereocenters. The predicted molar refractivity (Wildman–Crippen MR) is 38.2 cm³/mol. The number of carbonyl (C=O) groups is 1. The molecule has 0 radical (unpaired) electrons. The molecule has 0 aromatic carbocycles. The molecule has 0 aromatic heterocycles. The second kappa shape index (κ2) is 5.50. The van der Waals surface area contributed by atoms with E-state index in [1.165, 1.54) is 0 Å². The summed E-state index contributed by atoms with van der Waals surface area (Å²) in [5.74, 6) is -0.501. The number of aliphatic carboxylic acids is 1. The molecule has 4 heteroatoms. The van der Waals surface area contributed by atoms with Crippen LogP contribution >= 0.6 is 11.6 Å². The van der Waals surface area contributed by atoms with E-state index in [9.17, 15) is 4.79 Å². The van der Waals surface area contributed by atoms with Crippen molar-refractivity contribution in [1.29, 1.82) is 0 Å². The van der Waals surface area contributed by atoms with Crippen LogP contribution in [-0.4, -0.2) is 28.2 Å². The van der Waals surface area contributed by atoms with Crippen LogP contribution in [0.3, 0.4) is 0 Å². The standard InChI is InChI=1S/C6H11ClO3/c7-3-1-2-5(8)4-6(9)10/h5,8H,1-4H2,(H,9,10). The third kappa shape index (κ3) is 5.85. The second-order valence-corrected chi connectivity index (χ2v) is 2.46. The number of aliphatic hydroxyl groups is 1. The highest BCUT2D eigenvalue weighted by atomic mass is 35.5. The number of alkyl halides is 1. The quantitative estimate of drug-likeness (QED) is 0.596. The highest BCUT2D eigenvalue weighted by Crippen LogP contribution is 2.02. The van der Waals surface area contributed by atoms with Crippen molar-refractivity contribution >= 4 is 17.6 Å². The zero-order valence-electron chi connectivity index (χ0n) is 5.59. The fraction of sp³-hybridized carbons (Fsp3) is 0.833. The van der Waals surface area contributed by atoms with Crippen LogP contribution in [0.4, 0.5) is 0 Å². The molecule has 0 aliphatic carbocycles. The van der Waals surface area contributed by atoms with Gasteiger partial charge in [-0.25, -0.2) is 0 Å². The summed E-state index contributed by atoms with van der Waals surface area (Å²) in [6.07, 6.45) is 0.208. The summed E-state index contributed by atoms with van der Waals surface area (Å²) in [4.78, 5) is 9.98. The van der Waals surface area contributed by atoms with Crippen LogP contribution in [0.15, 0.2) is 0 Å². The van der Waals surface area contributed by atoms with E-state index in [4.69, 9.17) is 21.8 Å². The van der Waals surface area contributed by atoms with E-state index in [0.717, 1.165) is 0 Å². The molecule has 0 spiro atoms. The molecule has 3 nitrogen and oxygen atoms in total. The average Bonchev–Trinajstić information content (AvgIpc) is 1.82. The maximum Gasteiger partial charge on any atom is 0.305 e. The third-order valence-corrected chi connectivity index (χ3v) is 1.35. The van der Waals surface area contributed by atoms with E-state index in [0.29, 0.717) is 18.7 Å². The molecule has 10 heavy (non-hydrogen) atoms. The minimum atomic E-state index is -0.970. The smallest absolute Gasteiger partial charge is 0.305 e. The molecule has 0 aliphatic heterocycles. The van der Waals surface area contributed by atoms with Gasteiger partial charge in [0.05, 0.1) is 12.5 Å². The van der Waals surface area contributed by atoms with Crippen molar-refractivity contribution in [3.63, 3.8) is 0 Å². The minimum Gasteiger partial charge on any atom is -0.481 e. The summed E-state index contributed by atoms with van der Waals surface area (Å²) in [6.45, 7) is 0. The number of hydrogen-bond donors (Lipinski definition) is 2. The zero-order chi connectivity index (χ0) is 7.98. The zero-order valence-corrected chi connectivity index (χ0v) is 6.34. The molecule has 0 heterocycles. The average molecular weight is 167 g/mol. The van der Waals surface area contributed by atoms with E-state index in [1.807, 2.05) is 0 Å². The van der Waals surface area contributed by atoms with Crippen molar-refractivity contribution in [2.24, 2.45) is 0 Å². The van der Waals surface area contributed by atoms with Gasteiger partial charge in [-0.2, -0.15) is 0 Å². The van der Waals surface area contributed by atoms with Crippen LogP contribution in [0.2, 0.25) is 0 Å². The van der Waals surface area contributed by atoms with Crippen LogP contribution in [0.5, 0.6) is 0 Å². The SMILES string of the molecule is O=C(O)CC(O)CCCCl. The second-order valence-electron chi connectivity index (χ2n) is 2.08. The molecule has 1 atom stereocenters. The van der Waals surface area contributed by atoms with Gasteiger partial charge in [0.2, 0.25) is 0 Å². The Morgan fingerprint density at radius 2 is 2.20 bits per heavy atom. The Balaban J connectivity index is 3.25. The summed E-state index contributed by atoms with van der Waals surface area (Å²) in [5.41, 5.74) is 0. The Kier molecular flexibility index (Phi) is 5.35. The molecule has 0 amide bonds. The first kappa shape index (κ1) is 9.72. The van der Waals surface area contributed by atoms with Crippen LogP contribution < -0.4 is 0 Å². The van der Waals surface area contributed by atoms with Gasteiger partial charge in [-0.3, -0.25) is 4.79 Å². The Labute approximate surface area is 64.6 Å². The molecular formula is C6H11ClO3. The lowest BCUT2D eigenvalue weighted by molar-refractivity contribution is -0.139. The van der Waals surface area contributed by atoms with Gasteiger partial charge in [0.1, 0.15) is 0 Å². The van der Waals surface area contributed by atoms with Crippen molar-refractivity contribution in [2.45, 2.75) is 25.4 Å². The van der Waals surface area contributed by atoms with Crippen LogP contribution in [0.1, 0.15) is 19.3 Å². The van der Waals surface area contributed by atoms with E-state index >= 15 is 0 Å². The Morgan fingerprint density at radius 3 is 2.60 bits per heavy atom. The number of hydrogen-bond acceptors (Lipinski definition) is 2. The normalized spacial score (nSPS) is 13.0. The molecule has 0 aromatic rings. The van der Waals surface area contributed by atoms with Crippen LogP contribution in [0, 0.1) is 0 Å². The van der Waals surface area contributed by atoms with E-state index in [2.05, 4.69) is 0 Å². The van der Waals surface area contributed by atoms with Crippen molar-refractivity contribution in [1.82, 2.24) is 0 Å². The van der Waals surface area contributed by atoms with E-state index in [-0.39, 0.29) is 6.42 Å². The van der Waals surface area contributed by atoms with E-state index < -0.39 is 12.1 Å². The Morgan fingerprint density at radius 1 is 1.60 bits per heavy atom. The van der Waals surface area contributed by atoms with Gasteiger partial charge < -0.3 is 10.2 Å². The third-order valence-electron chi connectivity index (χ3n) is 1.08. The molecule has 60 valence electrons.